The van der Waals surface area contributed by atoms with Gasteiger partial charge in [0.25, 0.3) is 0 Å². The minimum absolute atomic E-state index is 0.0577. The predicted octanol–water partition coefficient (Wildman–Crippen LogP) is 3.35. The molecule has 1 aliphatic heterocycles. The summed E-state index contributed by atoms with van der Waals surface area (Å²) < 4.78 is 5.35. The molecule has 9 heteroatoms. The molecule has 152 valence electrons. The van der Waals surface area contributed by atoms with E-state index in [0.717, 1.165) is 61.1 Å². The molecule has 0 unspecified atom stereocenters. The van der Waals surface area contributed by atoms with Crippen molar-refractivity contribution in [2.45, 2.75) is 19.8 Å². The Morgan fingerprint density at radius 3 is 2.83 bits per heavy atom. The molecule has 0 saturated carbocycles. The number of carbonyl (C=O) groups is 1. The molecule has 0 atom stereocenters. The maximum atomic E-state index is 12.4. The first-order valence-electron chi connectivity index (χ1n) is 9.65. The second-order valence-electron chi connectivity index (χ2n) is 6.88. The van der Waals surface area contributed by atoms with Crippen LogP contribution in [0.2, 0.25) is 0 Å². The average Bonchev–Trinajstić information content (AvgIpc) is 3.48. The fraction of sp³-hybridized carbons (Fsp3) is 0.400. The maximum Gasteiger partial charge on any atom is 0.246 e. The van der Waals surface area contributed by atoms with Gasteiger partial charge in [-0.2, -0.15) is 4.98 Å². The van der Waals surface area contributed by atoms with Crippen LogP contribution in [-0.2, 0) is 11.2 Å². The van der Waals surface area contributed by atoms with E-state index < -0.39 is 0 Å². The highest BCUT2D eigenvalue weighted by molar-refractivity contribution is 7.13. The Balaban J connectivity index is 1.17. The third-order valence-corrected chi connectivity index (χ3v) is 6.45. The number of piperazine rings is 1. The number of carbonyl (C=O) groups excluding carboxylic acids is 1. The van der Waals surface area contributed by atoms with Crippen LogP contribution in [0.1, 0.15) is 23.0 Å². The molecule has 0 aliphatic carbocycles. The summed E-state index contributed by atoms with van der Waals surface area (Å²) in [6.45, 7) is 6.21. The molecule has 0 spiro atoms. The summed E-state index contributed by atoms with van der Waals surface area (Å²) in [6.07, 6.45) is 5.16. The van der Waals surface area contributed by atoms with Crippen molar-refractivity contribution in [2.24, 2.45) is 0 Å². The number of thiophene rings is 1. The van der Waals surface area contributed by atoms with Crippen molar-refractivity contribution < 1.29 is 9.32 Å². The molecule has 0 aromatic carbocycles. The zero-order valence-corrected chi connectivity index (χ0v) is 17.9. The van der Waals surface area contributed by atoms with Crippen LogP contribution < -0.4 is 0 Å². The van der Waals surface area contributed by atoms with Gasteiger partial charge in [-0.05, 0) is 37.4 Å². The molecule has 4 heterocycles. The molecule has 29 heavy (non-hydrogen) atoms. The van der Waals surface area contributed by atoms with Gasteiger partial charge in [0.05, 0.1) is 15.6 Å². The molecule has 3 aromatic rings. The van der Waals surface area contributed by atoms with Crippen molar-refractivity contribution in [1.82, 2.24) is 24.9 Å². The average molecular weight is 430 g/mol. The smallest absolute Gasteiger partial charge is 0.246 e. The normalized spacial score (nSPS) is 15.4. The molecule has 1 aliphatic rings. The maximum absolute atomic E-state index is 12.4. The first-order chi connectivity index (χ1) is 14.2. The molecule has 0 N–H and O–H groups in total. The molecule has 1 amide bonds. The Morgan fingerprint density at radius 2 is 2.10 bits per heavy atom. The summed E-state index contributed by atoms with van der Waals surface area (Å²) in [5, 5.41) is 9.03. The fourth-order valence-corrected chi connectivity index (χ4v) is 4.46. The Morgan fingerprint density at radius 1 is 1.24 bits per heavy atom. The van der Waals surface area contributed by atoms with Crippen LogP contribution >= 0.6 is 22.7 Å². The highest BCUT2D eigenvalue weighted by Crippen LogP contribution is 2.21. The Labute approximate surface area is 177 Å². The van der Waals surface area contributed by atoms with E-state index in [1.807, 2.05) is 34.7 Å². The van der Waals surface area contributed by atoms with Crippen molar-refractivity contribution in [2.75, 3.05) is 32.7 Å². The summed E-state index contributed by atoms with van der Waals surface area (Å²) in [7, 11) is 0. The van der Waals surface area contributed by atoms with E-state index in [1.165, 1.54) is 0 Å². The number of nitrogens with zero attached hydrogens (tertiary/aromatic N) is 5. The number of aromatic nitrogens is 3. The first-order valence-corrected chi connectivity index (χ1v) is 11.4. The fourth-order valence-electron chi connectivity index (χ4n) is 3.23. The van der Waals surface area contributed by atoms with Crippen LogP contribution in [0.15, 0.2) is 33.5 Å². The quantitative estimate of drug-likeness (QED) is 0.536. The molecule has 0 bridgehead atoms. The number of hydrogen-bond donors (Lipinski definition) is 0. The van der Waals surface area contributed by atoms with Crippen LogP contribution in [0.4, 0.5) is 0 Å². The Kier molecular flexibility index (Phi) is 6.48. The van der Waals surface area contributed by atoms with Crippen LogP contribution in [0.5, 0.6) is 0 Å². The molecule has 7 nitrogen and oxygen atoms in total. The van der Waals surface area contributed by atoms with Gasteiger partial charge in [-0.1, -0.05) is 11.2 Å². The van der Waals surface area contributed by atoms with Gasteiger partial charge in [-0.3, -0.25) is 9.69 Å². The SMILES string of the molecule is Cc1nc(/C=C\C(=O)N2CCN(CCCc3nc(-c4cccs4)no3)CC2)cs1. The van der Waals surface area contributed by atoms with Crippen molar-refractivity contribution in [3.8, 4) is 10.7 Å². The summed E-state index contributed by atoms with van der Waals surface area (Å²) in [6, 6.07) is 3.98. The van der Waals surface area contributed by atoms with Crippen molar-refractivity contribution in [3.05, 3.63) is 45.6 Å². The molecule has 1 saturated heterocycles. The van der Waals surface area contributed by atoms with E-state index in [0.29, 0.717) is 11.7 Å². The Hall–Kier alpha value is -2.36. The number of thiazole rings is 1. The lowest BCUT2D eigenvalue weighted by Crippen LogP contribution is -2.48. The second-order valence-corrected chi connectivity index (χ2v) is 8.89. The van der Waals surface area contributed by atoms with E-state index in [9.17, 15) is 4.79 Å². The third-order valence-electron chi connectivity index (χ3n) is 4.79. The minimum atomic E-state index is 0.0577. The monoisotopic (exact) mass is 429 g/mol. The number of amides is 1. The second kappa shape index (κ2) is 9.43. The van der Waals surface area contributed by atoms with Gasteiger partial charge in [0.1, 0.15) is 0 Å². The zero-order chi connectivity index (χ0) is 20.1. The van der Waals surface area contributed by atoms with Gasteiger partial charge >= 0.3 is 0 Å². The first kappa shape index (κ1) is 19.9. The molecular weight excluding hydrogens is 406 g/mol. The van der Waals surface area contributed by atoms with Crippen molar-refractivity contribution >= 4 is 34.7 Å². The van der Waals surface area contributed by atoms with Crippen molar-refractivity contribution in [3.63, 3.8) is 0 Å². The van der Waals surface area contributed by atoms with Crippen molar-refractivity contribution in [1.29, 1.82) is 0 Å². The summed E-state index contributed by atoms with van der Waals surface area (Å²) in [5.41, 5.74) is 0.850. The lowest BCUT2D eigenvalue weighted by atomic mass is 10.2. The highest BCUT2D eigenvalue weighted by Gasteiger charge is 2.19. The third kappa shape index (κ3) is 5.37. The molecule has 3 aromatic heterocycles. The predicted molar refractivity (Wildman–Crippen MR) is 115 cm³/mol. The van der Waals surface area contributed by atoms with Crippen LogP contribution in [0.3, 0.4) is 0 Å². The van der Waals surface area contributed by atoms with Gasteiger partial charge < -0.3 is 9.42 Å². The molecular formula is C20H23N5O2S2. The van der Waals surface area contributed by atoms with Gasteiger partial charge in [0.2, 0.25) is 17.6 Å². The van der Waals surface area contributed by atoms with E-state index in [-0.39, 0.29) is 5.91 Å². The lowest BCUT2D eigenvalue weighted by molar-refractivity contribution is -0.127. The highest BCUT2D eigenvalue weighted by atomic mass is 32.1. The largest absolute Gasteiger partial charge is 0.339 e. The summed E-state index contributed by atoms with van der Waals surface area (Å²) in [4.78, 5) is 26.5. The number of aryl methyl sites for hydroxylation is 2. The Bertz CT molecular complexity index is 955. The van der Waals surface area contributed by atoms with E-state index in [4.69, 9.17) is 4.52 Å². The summed E-state index contributed by atoms with van der Waals surface area (Å²) >= 11 is 3.20. The van der Waals surface area contributed by atoms with Gasteiger partial charge in [-0.15, -0.1) is 22.7 Å². The standard InChI is InChI=1S/C20H23N5O2S2/c1-15-21-16(14-29-15)6-7-19(26)25-11-9-24(10-12-25)8-2-5-18-22-20(23-27-18)17-4-3-13-28-17/h3-4,6-7,13-14H,2,5,8-12H2,1H3/b7-6-. The van der Waals surface area contributed by atoms with Gasteiger partial charge in [0.15, 0.2) is 0 Å². The van der Waals surface area contributed by atoms with Gasteiger partial charge in [-0.25, -0.2) is 4.98 Å². The topological polar surface area (TPSA) is 75.4 Å². The molecule has 4 rings (SSSR count). The van der Waals surface area contributed by atoms with Gasteiger partial charge in [0, 0.05) is 44.1 Å². The lowest BCUT2D eigenvalue weighted by Gasteiger charge is -2.34. The van der Waals surface area contributed by atoms with E-state index in [1.54, 1.807) is 34.8 Å². The van der Waals surface area contributed by atoms with E-state index in [2.05, 4.69) is 20.0 Å². The molecule has 1 fully saturated rings. The minimum Gasteiger partial charge on any atom is -0.339 e. The van der Waals surface area contributed by atoms with E-state index >= 15 is 0 Å². The van der Waals surface area contributed by atoms with Crippen LogP contribution in [0, 0.1) is 6.92 Å². The molecule has 0 radical (unpaired) electrons. The van der Waals surface area contributed by atoms with Crippen LogP contribution in [-0.4, -0.2) is 63.6 Å². The zero-order valence-electron chi connectivity index (χ0n) is 16.3. The van der Waals surface area contributed by atoms with Crippen LogP contribution in [0.25, 0.3) is 16.8 Å². The number of rotatable bonds is 7. The summed E-state index contributed by atoms with van der Waals surface area (Å²) in [5.74, 6) is 1.41. The number of hydrogen-bond acceptors (Lipinski definition) is 8.